The van der Waals surface area contributed by atoms with Crippen LogP contribution < -0.4 is 9.64 Å². The van der Waals surface area contributed by atoms with Crippen molar-refractivity contribution >= 4 is 27.4 Å². The van der Waals surface area contributed by atoms with Crippen LogP contribution in [0.4, 0.5) is 20.7 Å². The molecule has 0 aliphatic carbocycles. The summed E-state index contributed by atoms with van der Waals surface area (Å²) in [7, 11) is -3.50. The van der Waals surface area contributed by atoms with E-state index >= 15 is 0 Å². The van der Waals surface area contributed by atoms with Gasteiger partial charge in [-0.05, 0) is 31.0 Å². The van der Waals surface area contributed by atoms with Crippen LogP contribution in [0.2, 0.25) is 0 Å². The zero-order valence-electron chi connectivity index (χ0n) is 18.7. The number of halogens is 1. The number of piperidine rings is 1. The summed E-state index contributed by atoms with van der Waals surface area (Å²) >= 11 is 0. The number of benzene rings is 1. The Balaban J connectivity index is 1.46. The number of amides is 1. The Hall–Kier alpha value is -2.95. The van der Waals surface area contributed by atoms with Crippen LogP contribution >= 0.6 is 0 Å². The monoisotopic (exact) mass is 478 g/mol. The number of likely N-dealkylation sites (tertiary alicyclic amines) is 1. The zero-order chi connectivity index (χ0) is 23.6. The SMILES string of the molecule is CCCOC(=O)N1CCC(Oc2ncnc3c2CCN3c2ccc(S(C)(=O)=O)cc2F)CC1. The molecule has 0 saturated carbocycles. The van der Waals surface area contributed by atoms with Gasteiger partial charge in [0.05, 0.1) is 22.8 Å². The maximum Gasteiger partial charge on any atom is 0.409 e. The lowest BCUT2D eigenvalue weighted by Gasteiger charge is -2.31. The third-order valence-electron chi connectivity index (χ3n) is 5.77. The number of sulfone groups is 1. The number of fused-ring (bicyclic) bond motifs is 1. The Morgan fingerprint density at radius 3 is 2.64 bits per heavy atom. The summed E-state index contributed by atoms with van der Waals surface area (Å²) in [5.74, 6) is 0.378. The Labute approximate surface area is 192 Å². The van der Waals surface area contributed by atoms with E-state index in [4.69, 9.17) is 9.47 Å². The van der Waals surface area contributed by atoms with Gasteiger partial charge in [-0.2, -0.15) is 0 Å². The van der Waals surface area contributed by atoms with Crippen molar-refractivity contribution in [2.24, 2.45) is 0 Å². The fourth-order valence-corrected chi connectivity index (χ4v) is 4.67. The van der Waals surface area contributed by atoms with Crippen molar-refractivity contribution in [1.29, 1.82) is 0 Å². The average molecular weight is 479 g/mol. The van der Waals surface area contributed by atoms with Crippen molar-refractivity contribution in [3.8, 4) is 5.88 Å². The number of carbonyl (C=O) groups excluding carboxylic acids is 1. The van der Waals surface area contributed by atoms with Gasteiger partial charge in [-0.25, -0.2) is 27.6 Å². The van der Waals surface area contributed by atoms with Gasteiger partial charge in [0.15, 0.2) is 9.84 Å². The summed E-state index contributed by atoms with van der Waals surface area (Å²) < 4.78 is 49.5. The Morgan fingerprint density at radius 1 is 1.21 bits per heavy atom. The number of anilines is 2. The van der Waals surface area contributed by atoms with Crippen molar-refractivity contribution in [2.75, 3.05) is 37.4 Å². The summed E-state index contributed by atoms with van der Waals surface area (Å²) in [5.41, 5.74) is 1.04. The van der Waals surface area contributed by atoms with Crippen LogP contribution in [-0.4, -0.2) is 68.0 Å². The first-order valence-electron chi connectivity index (χ1n) is 11.0. The fourth-order valence-electron chi connectivity index (χ4n) is 4.04. The maximum atomic E-state index is 14.8. The lowest BCUT2D eigenvalue weighted by Crippen LogP contribution is -2.42. The fraction of sp³-hybridized carbons (Fsp3) is 0.500. The van der Waals surface area contributed by atoms with E-state index in [-0.39, 0.29) is 22.8 Å². The molecule has 4 rings (SSSR count). The molecule has 2 aliphatic rings. The quantitative estimate of drug-likeness (QED) is 0.624. The number of hydrogen-bond acceptors (Lipinski definition) is 8. The minimum absolute atomic E-state index is 0.0696. The third-order valence-corrected chi connectivity index (χ3v) is 6.88. The van der Waals surface area contributed by atoms with Gasteiger partial charge in [0.1, 0.15) is 24.1 Å². The van der Waals surface area contributed by atoms with Crippen LogP contribution in [0, 0.1) is 5.82 Å². The van der Waals surface area contributed by atoms with Gasteiger partial charge in [0, 0.05) is 38.7 Å². The second-order valence-corrected chi connectivity index (χ2v) is 10.2. The van der Waals surface area contributed by atoms with Crippen LogP contribution in [-0.2, 0) is 21.0 Å². The van der Waals surface area contributed by atoms with E-state index in [1.807, 2.05) is 6.92 Å². The lowest BCUT2D eigenvalue weighted by atomic mass is 10.1. The number of nitrogens with zero attached hydrogens (tertiary/aromatic N) is 4. The predicted octanol–water partition coefficient (Wildman–Crippen LogP) is 3.10. The average Bonchev–Trinajstić information content (AvgIpc) is 3.22. The molecule has 0 bridgehead atoms. The minimum Gasteiger partial charge on any atom is -0.474 e. The van der Waals surface area contributed by atoms with Crippen molar-refractivity contribution < 1.29 is 27.1 Å². The summed E-state index contributed by atoms with van der Waals surface area (Å²) in [5, 5.41) is 0. The molecule has 0 radical (unpaired) electrons. The summed E-state index contributed by atoms with van der Waals surface area (Å²) in [4.78, 5) is 24.0. The van der Waals surface area contributed by atoms with Crippen LogP contribution in [0.1, 0.15) is 31.7 Å². The number of ether oxygens (including phenoxy) is 2. The van der Waals surface area contributed by atoms with E-state index in [0.717, 1.165) is 24.3 Å². The molecule has 2 aliphatic heterocycles. The van der Waals surface area contributed by atoms with Gasteiger partial charge in [0.2, 0.25) is 5.88 Å². The number of rotatable bonds is 6. The highest BCUT2D eigenvalue weighted by molar-refractivity contribution is 7.90. The topological polar surface area (TPSA) is 102 Å². The van der Waals surface area contributed by atoms with E-state index < -0.39 is 15.7 Å². The van der Waals surface area contributed by atoms with Gasteiger partial charge >= 0.3 is 6.09 Å². The molecular weight excluding hydrogens is 451 g/mol. The van der Waals surface area contributed by atoms with Gasteiger partial charge in [-0.3, -0.25) is 0 Å². The third kappa shape index (κ3) is 5.02. The van der Waals surface area contributed by atoms with Crippen LogP contribution in [0.5, 0.6) is 5.88 Å². The van der Waals surface area contributed by atoms with Crippen molar-refractivity contribution in [2.45, 2.75) is 43.6 Å². The molecular formula is C22H27FN4O5S. The number of aromatic nitrogens is 2. The largest absolute Gasteiger partial charge is 0.474 e. The first-order valence-corrected chi connectivity index (χ1v) is 12.9. The van der Waals surface area contributed by atoms with Crippen LogP contribution in [0.15, 0.2) is 29.4 Å². The zero-order valence-corrected chi connectivity index (χ0v) is 19.5. The predicted molar refractivity (Wildman–Crippen MR) is 119 cm³/mol. The van der Waals surface area contributed by atoms with Gasteiger partial charge in [0.25, 0.3) is 0 Å². The molecule has 1 amide bonds. The molecule has 11 heteroatoms. The van der Waals surface area contributed by atoms with E-state index in [1.54, 1.807) is 9.80 Å². The normalized spacial score (nSPS) is 16.6. The van der Waals surface area contributed by atoms with Crippen LogP contribution in [0.3, 0.4) is 0 Å². The van der Waals surface area contributed by atoms with Crippen molar-refractivity contribution in [3.63, 3.8) is 0 Å². The molecule has 1 aromatic carbocycles. The molecule has 178 valence electrons. The smallest absolute Gasteiger partial charge is 0.409 e. The maximum absolute atomic E-state index is 14.8. The Kier molecular flexibility index (Phi) is 6.68. The summed E-state index contributed by atoms with van der Waals surface area (Å²) in [6.45, 7) is 3.93. The highest BCUT2D eigenvalue weighted by atomic mass is 32.2. The van der Waals surface area contributed by atoms with E-state index in [1.165, 1.54) is 18.5 Å². The highest BCUT2D eigenvalue weighted by Crippen LogP contribution is 2.38. The van der Waals surface area contributed by atoms with Gasteiger partial charge in [-0.1, -0.05) is 6.92 Å². The Bertz CT molecular complexity index is 1140. The van der Waals surface area contributed by atoms with E-state index in [9.17, 15) is 17.6 Å². The molecule has 0 unspecified atom stereocenters. The molecule has 0 N–H and O–H groups in total. The second-order valence-electron chi connectivity index (χ2n) is 8.19. The first-order chi connectivity index (χ1) is 15.8. The standard InChI is InChI=1S/C22H27FN4O5S/c1-3-12-31-22(28)26-9-6-15(7-10-26)32-21-17-8-11-27(20(17)24-14-25-21)19-5-4-16(13-18(19)23)33(2,29)30/h4-5,13-15H,3,6-12H2,1-2H3. The Morgan fingerprint density at radius 2 is 1.97 bits per heavy atom. The van der Waals surface area contributed by atoms with Gasteiger partial charge < -0.3 is 19.3 Å². The van der Waals surface area contributed by atoms with Crippen molar-refractivity contribution in [1.82, 2.24) is 14.9 Å². The molecule has 9 nitrogen and oxygen atoms in total. The molecule has 0 atom stereocenters. The van der Waals surface area contributed by atoms with E-state index in [2.05, 4.69) is 9.97 Å². The molecule has 3 heterocycles. The van der Waals surface area contributed by atoms with Gasteiger partial charge in [-0.15, -0.1) is 0 Å². The van der Waals surface area contributed by atoms with Crippen molar-refractivity contribution in [3.05, 3.63) is 35.9 Å². The molecule has 2 aromatic rings. The molecule has 1 fully saturated rings. The van der Waals surface area contributed by atoms with E-state index in [0.29, 0.717) is 57.2 Å². The van der Waals surface area contributed by atoms with Crippen LogP contribution in [0.25, 0.3) is 0 Å². The molecule has 33 heavy (non-hydrogen) atoms. The lowest BCUT2D eigenvalue weighted by molar-refractivity contribution is 0.0659. The number of hydrogen-bond donors (Lipinski definition) is 0. The molecule has 1 saturated heterocycles. The number of carbonyl (C=O) groups is 1. The highest BCUT2D eigenvalue weighted by Gasteiger charge is 2.31. The minimum atomic E-state index is -3.50. The summed E-state index contributed by atoms with van der Waals surface area (Å²) in [6, 6.07) is 3.88. The molecule has 0 spiro atoms. The summed E-state index contributed by atoms with van der Waals surface area (Å²) in [6.07, 6.45) is 4.70. The first kappa shape index (κ1) is 23.2. The molecule has 1 aromatic heterocycles. The second kappa shape index (κ2) is 9.50.